The molecule has 1 saturated heterocycles. The van der Waals surface area contributed by atoms with Gasteiger partial charge in [0, 0.05) is 0 Å². The molecule has 158 valence electrons. The first-order chi connectivity index (χ1) is 13.7. The Morgan fingerprint density at radius 2 is 1.43 bits per heavy atom. The summed E-state index contributed by atoms with van der Waals surface area (Å²) < 4.78 is 16.2. The summed E-state index contributed by atoms with van der Waals surface area (Å²) in [5.74, 6) is 0.464. The number of rotatable bonds is 16. The summed E-state index contributed by atoms with van der Waals surface area (Å²) in [5, 5.41) is 0. The van der Waals surface area contributed by atoms with Gasteiger partial charge in [-0.15, -0.1) is 0 Å². The first-order valence-electron chi connectivity index (χ1n) is 11.2. The lowest BCUT2D eigenvalue weighted by atomic mass is 10.0. The van der Waals surface area contributed by atoms with Gasteiger partial charge in [-0.3, -0.25) is 0 Å². The molecule has 1 aliphatic rings. The van der Waals surface area contributed by atoms with Crippen molar-refractivity contribution in [1.29, 1.82) is 0 Å². The molecule has 1 aromatic rings. The largest absolute Gasteiger partial charge is 0.494 e. The van der Waals surface area contributed by atoms with Crippen molar-refractivity contribution in [2.24, 2.45) is 0 Å². The summed E-state index contributed by atoms with van der Waals surface area (Å²) in [6, 6.07) is 7.08. The highest BCUT2D eigenvalue weighted by atomic mass is 16.6. The average molecular weight is 391 g/mol. The van der Waals surface area contributed by atoms with Gasteiger partial charge in [-0.05, 0) is 43.5 Å². The van der Waals surface area contributed by atoms with Crippen LogP contribution in [0.1, 0.15) is 94.3 Å². The molecule has 28 heavy (non-hydrogen) atoms. The number of hydrogen-bond acceptors (Lipinski definition) is 4. The van der Waals surface area contributed by atoms with Gasteiger partial charge in [-0.2, -0.15) is 0 Å². The number of hydrogen-bond donors (Lipinski definition) is 0. The number of ether oxygens (including phenoxy) is 3. The van der Waals surface area contributed by atoms with E-state index in [0.29, 0.717) is 24.4 Å². The first kappa shape index (κ1) is 22.7. The number of esters is 1. The van der Waals surface area contributed by atoms with E-state index in [1.807, 2.05) is 12.1 Å². The third-order valence-corrected chi connectivity index (χ3v) is 5.46. The highest BCUT2D eigenvalue weighted by molar-refractivity contribution is 5.89. The zero-order chi connectivity index (χ0) is 20.0. The normalized spacial score (nSPS) is 18.1. The lowest BCUT2D eigenvalue weighted by molar-refractivity contribution is 0.0600. The molecule has 2 rings (SSSR count). The number of epoxide rings is 1. The summed E-state index contributed by atoms with van der Waals surface area (Å²) in [6.07, 6.45) is 16.6. The maximum atomic E-state index is 11.4. The minimum atomic E-state index is -0.324. The first-order valence-corrected chi connectivity index (χ1v) is 11.2. The zero-order valence-electron chi connectivity index (χ0n) is 17.8. The molecule has 2 unspecified atom stereocenters. The van der Waals surface area contributed by atoms with Gasteiger partial charge in [0.05, 0.1) is 31.5 Å². The van der Waals surface area contributed by atoms with Crippen LogP contribution >= 0.6 is 0 Å². The SMILES string of the molecule is CCCCCCCCCCCC1OC1CCCOc1ccc(C(=O)OC)cc1. The average Bonchev–Trinajstić information content (AvgIpc) is 3.48. The molecular weight excluding hydrogens is 352 g/mol. The van der Waals surface area contributed by atoms with E-state index in [2.05, 4.69) is 11.7 Å². The van der Waals surface area contributed by atoms with E-state index in [0.717, 1.165) is 18.6 Å². The molecule has 0 saturated carbocycles. The van der Waals surface area contributed by atoms with Crippen molar-refractivity contribution in [2.45, 2.75) is 96.2 Å². The van der Waals surface area contributed by atoms with Crippen LogP contribution in [0.25, 0.3) is 0 Å². The maximum Gasteiger partial charge on any atom is 0.337 e. The number of methoxy groups -OCH3 is 1. The molecule has 0 radical (unpaired) electrons. The van der Waals surface area contributed by atoms with Crippen LogP contribution in [0.15, 0.2) is 24.3 Å². The fraction of sp³-hybridized carbons (Fsp3) is 0.708. The summed E-state index contributed by atoms with van der Waals surface area (Å²) in [4.78, 5) is 11.4. The quantitative estimate of drug-likeness (QED) is 0.188. The molecule has 4 heteroatoms. The summed E-state index contributed by atoms with van der Waals surface area (Å²) in [7, 11) is 1.38. The van der Waals surface area contributed by atoms with Crippen molar-refractivity contribution < 1.29 is 19.0 Å². The lowest BCUT2D eigenvalue weighted by Gasteiger charge is -2.06. The van der Waals surface area contributed by atoms with Crippen molar-refractivity contribution >= 4 is 5.97 Å². The molecule has 0 amide bonds. The molecule has 1 aliphatic heterocycles. The minimum Gasteiger partial charge on any atom is -0.494 e. The van der Waals surface area contributed by atoms with E-state index in [1.54, 1.807) is 12.1 Å². The van der Waals surface area contributed by atoms with Crippen molar-refractivity contribution in [3.63, 3.8) is 0 Å². The minimum absolute atomic E-state index is 0.324. The summed E-state index contributed by atoms with van der Waals surface area (Å²) in [6.45, 7) is 2.95. The number of carbonyl (C=O) groups is 1. The van der Waals surface area contributed by atoms with Gasteiger partial charge in [0.2, 0.25) is 0 Å². The Kier molecular flexibility index (Phi) is 11.0. The fourth-order valence-corrected chi connectivity index (χ4v) is 3.62. The van der Waals surface area contributed by atoms with Crippen molar-refractivity contribution in [3.8, 4) is 5.75 Å². The van der Waals surface area contributed by atoms with Gasteiger partial charge in [-0.25, -0.2) is 4.79 Å². The van der Waals surface area contributed by atoms with Crippen LogP contribution in [-0.2, 0) is 9.47 Å². The second kappa shape index (κ2) is 13.6. The molecule has 0 aliphatic carbocycles. The third kappa shape index (κ3) is 9.09. The Balaban J connectivity index is 1.41. The van der Waals surface area contributed by atoms with Crippen LogP contribution in [0.4, 0.5) is 0 Å². The van der Waals surface area contributed by atoms with Crippen molar-refractivity contribution in [3.05, 3.63) is 29.8 Å². The Morgan fingerprint density at radius 3 is 2.04 bits per heavy atom. The fourth-order valence-electron chi connectivity index (χ4n) is 3.62. The topological polar surface area (TPSA) is 48.1 Å². The van der Waals surface area contributed by atoms with Gasteiger partial charge < -0.3 is 14.2 Å². The molecule has 2 atom stereocenters. The van der Waals surface area contributed by atoms with Crippen LogP contribution in [0.3, 0.4) is 0 Å². The van der Waals surface area contributed by atoms with E-state index in [9.17, 15) is 4.79 Å². The zero-order valence-corrected chi connectivity index (χ0v) is 17.8. The monoisotopic (exact) mass is 390 g/mol. The van der Waals surface area contributed by atoms with E-state index in [-0.39, 0.29) is 5.97 Å². The van der Waals surface area contributed by atoms with E-state index >= 15 is 0 Å². The Morgan fingerprint density at radius 1 is 0.857 bits per heavy atom. The Labute approximate surface area is 170 Å². The highest BCUT2D eigenvalue weighted by Crippen LogP contribution is 2.31. The van der Waals surface area contributed by atoms with Gasteiger partial charge in [0.25, 0.3) is 0 Å². The Hall–Kier alpha value is -1.55. The van der Waals surface area contributed by atoms with Crippen molar-refractivity contribution in [1.82, 2.24) is 0 Å². The maximum absolute atomic E-state index is 11.4. The number of carbonyl (C=O) groups excluding carboxylic acids is 1. The summed E-state index contributed by atoms with van der Waals surface area (Å²) in [5.41, 5.74) is 0.542. The van der Waals surface area contributed by atoms with E-state index < -0.39 is 0 Å². The van der Waals surface area contributed by atoms with Gasteiger partial charge in [0.1, 0.15) is 5.75 Å². The molecule has 1 aromatic carbocycles. The third-order valence-electron chi connectivity index (χ3n) is 5.46. The van der Waals surface area contributed by atoms with Crippen LogP contribution in [0.5, 0.6) is 5.75 Å². The number of unbranched alkanes of at least 4 members (excludes halogenated alkanes) is 8. The molecule has 0 N–H and O–H groups in total. The van der Waals surface area contributed by atoms with Gasteiger partial charge in [-0.1, -0.05) is 64.7 Å². The lowest BCUT2D eigenvalue weighted by Crippen LogP contribution is -2.03. The predicted molar refractivity (Wildman–Crippen MR) is 113 cm³/mol. The van der Waals surface area contributed by atoms with Crippen LogP contribution in [0.2, 0.25) is 0 Å². The van der Waals surface area contributed by atoms with Crippen LogP contribution < -0.4 is 4.74 Å². The van der Waals surface area contributed by atoms with Crippen LogP contribution in [-0.4, -0.2) is 31.9 Å². The molecule has 4 nitrogen and oxygen atoms in total. The van der Waals surface area contributed by atoms with Gasteiger partial charge in [0.15, 0.2) is 0 Å². The smallest absolute Gasteiger partial charge is 0.337 e. The van der Waals surface area contributed by atoms with Crippen LogP contribution in [0, 0.1) is 0 Å². The second-order valence-electron chi connectivity index (χ2n) is 7.84. The molecule has 0 spiro atoms. The highest BCUT2D eigenvalue weighted by Gasteiger charge is 2.36. The van der Waals surface area contributed by atoms with Gasteiger partial charge >= 0.3 is 5.97 Å². The molecule has 0 bridgehead atoms. The van der Waals surface area contributed by atoms with Crippen molar-refractivity contribution in [2.75, 3.05) is 13.7 Å². The summed E-state index contributed by atoms with van der Waals surface area (Å²) >= 11 is 0. The molecule has 1 heterocycles. The second-order valence-corrected chi connectivity index (χ2v) is 7.84. The predicted octanol–water partition coefficient (Wildman–Crippen LogP) is 6.32. The molecule has 0 aromatic heterocycles. The van der Waals surface area contributed by atoms with E-state index in [1.165, 1.54) is 71.3 Å². The standard InChI is InChI=1S/C24H38O4/c1-3-4-5-6-7-8-9-10-11-13-22-23(28-22)14-12-19-27-21-17-15-20(16-18-21)24(25)26-2/h15-18,22-23H,3-14,19H2,1-2H3. The molecule has 1 fully saturated rings. The Bertz CT molecular complexity index is 540. The van der Waals surface area contributed by atoms with E-state index in [4.69, 9.17) is 9.47 Å². The number of benzene rings is 1. The molecular formula is C24H38O4.